The third-order valence-corrected chi connectivity index (χ3v) is 6.49. The molecule has 0 unspecified atom stereocenters. The van der Waals surface area contributed by atoms with Crippen molar-refractivity contribution in [2.24, 2.45) is 11.8 Å². The summed E-state index contributed by atoms with van der Waals surface area (Å²) in [7, 11) is 0. The smallest absolute Gasteiger partial charge is 0.253 e. The Hall–Kier alpha value is -1.26. The van der Waals surface area contributed by atoms with E-state index in [9.17, 15) is 4.79 Å². The van der Waals surface area contributed by atoms with E-state index in [4.69, 9.17) is 4.74 Å². The minimum Gasteiger partial charge on any atom is -0.493 e. The number of hydrogen-bond donors (Lipinski definition) is 1. The molecule has 4 nitrogen and oxygen atoms in total. The molecule has 0 atom stereocenters. The number of rotatable bonds is 7. The second-order valence-corrected chi connectivity index (χ2v) is 8.76. The first kappa shape index (κ1) is 21.4. The van der Waals surface area contributed by atoms with Crippen LogP contribution in [0, 0.1) is 11.8 Å². The molecule has 5 heteroatoms. The average molecular weight is 407 g/mol. The van der Waals surface area contributed by atoms with Gasteiger partial charge in [0.2, 0.25) is 0 Å². The van der Waals surface area contributed by atoms with Crippen molar-refractivity contribution in [2.45, 2.75) is 63.8 Å². The number of nitrogens with one attached hydrogen (secondary N) is 1. The molecule has 2 aliphatic carbocycles. The highest BCUT2D eigenvalue weighted by molar-refractivity contribution is 5.94. The van der Waals surface area contributed by atoms with Gasteiger partial charge >= 0.3 is 0 Å². The van der Waals surface area contributed by atoms with Crippen LogP contribution in [0.3, 0.4) is 0 Å². The summed E-state index contributed by atoms with van der Waals surface area (Å²) in [6, 6.07) is 8.36. The summed E-state index contributed by atoms with van der Waals surface area (Å²) in [5, 5.41) is 3.68. The van der Waals surface area contributed by atoms with Crippen LogP contribution in [-0.2, 0) is 0 Å². The van der Waals surface area contributed by atoms with E-state index in [0.717, 1.165) is 49.8 Å². The van der Waals surface area contributed by atoms with Crippen molar-refractivity contribution >= 4 is 18.3 Å². The van der Waals surface area contributed by atoms with E-state index in [1.54, 1.807) is 0 Å². The number of benzene rings is 1. The number of nitrogens with zero attached hydrogens (tertiary/aromatic N) is 1. The van der Waals surface area contributed by atoms with E-state index < -0.39 is 0 Å². The highest BCUT2D eigenvalue weighted by Crippen LogP contribution is 2.28. The lowest BCUT2D eigenvalue weighted by Crippen LogP contribution is -2.45. The maximum atomic E-state index is 12.8. The summed E-state index contributed by atoms with van der Waals surface area (Å²) in [6.07, 6.45) is 11.6. The zero-order chi connectivity index (χ0) is 18.5. The second-order valence-electron chi connectivity index (χ2n) is 8.76. The fourth-order valence-corrected chi connectivity index (χ4v) is 4.39. The highest BCUT2D eigenvalue weighted by atomic mass is 35.5. The lowest BCUT2D eigenvalue weighted by Gasteiger charge is -2.32. The molecule has 3 fully saturated rings. The quantitative estimate of drug-likeness (QED) is 0.715. The number of likely N-dealkylation sites (tertiary alicyclic amines) is 1. The van der Waals surface area contributed by atoms with Crippen LogP contribution in [-0.4, -0.2) is 43.1 Å². The molecule has 0 aromatic heterocycles. The largest absolute Gasteiger partial charge is 0.493 e. The molecule has 1 aromatic carbocycles. The van der Waals surface area contributed by atoms with Crippen LogP contribution in [0.2, 0.25) is 0 Å². The number of halogens is 1. The van der Waals surface area contributed by atoms with Gasteiger partial charge in [-0.1, -0.05) is 19.3 Å². The third kappa shape index (κ3) is 6.12. The maximum absolute atomic E-state index is 12.8. The fourth-order valence-electron chi connectivity index (χ4n) is 4.39. The molecule has 1 aliphatic heterocycles. The van der Waals surface area contributed by atoms with Crippen LogP contribution in [0.5, 0.6) is 5.75 Å². The Morgan fingerprint density at radius 3 is 2.25 bits per heavy atom. The predicted octanol–water partition coefficient (Wildman–Crippen LogP) is 4.67. The van der Waals surface area contributed by atoms with Crippen molar-refractivity contribution < 1.29 is 9.53 Å². The van der Waals surface area contributed by atoms with Gasteiger partial charge in [-0.3, -0.25) is 4.79 Å². The van der Waals surface area contributed by atoms with Crippen LogP contribution in [0.1, 0.15) is 68.1 Å². The molecular weight excluding hydrogens is 372 g/mol. The SMILES string of the molecule is Cl.O=C(c1ccc(OCC2CCCCC2)cc1)N1CCC(NCC2CC2)CC1. The monoisotopic (exact) mass is 406 g/mol. The molecule has 156 valence electrons. The number of piperidine rings is 1. The maximum Gasteiger partial charge on any atom is 0.253 e. The molecule has 3 aliphatic rings. The summed E-state index contributed by atoms with van der Waals surface area (Å²) >= 11 is 0. The molecule has 1 aromatic rings. The Bertz CT molecular complexity index is 604. The minimum atomic E-state index is 0. The van der Waals surface area contributed by atoms with Crippen LogP contribution in [0.15, 0.2) is 24.3 Å². The first-order valence-electron chi connectivity index (χ1n) is 11.0. The molecule has 0 radical (unpaired) electrons. The molecule has 1 N–H and O–H groups in total. The standard InChI is InChI=1S/C23H34N2O2.ClH/c26-23(25-14-12-21(13-15-25)24-16-18-6-7-18)20-8-10-22(11-9-20)27-17-19-4-2-1-3-5-19;/h8-11,18-19,21,24H,1-7,12-17H2;1H. The molecule has 2 saturated carbocycles. The Balaban J connectivity index is 0.00000225. The molecule has 1 amide bonds. The van der Waals surface area contributed by atoms with Crippen molar-refractivity contribution in [1.29, 1.82) is 0 Å². The average Bonchev–Trinajstić information content (AvgIpc) is 3.56. The molecular formula is C23H35ClN2O2. The summed E-state index contributed by atoms with van der Waals surface area (Å²) in [5.41, 5.74) is 0.782. The van der Waals surface area contributed by atoms with Gasteiger partial charge in [0.05, 0.1) is 6.61 Å². The van der Waals surface area contributed by atoms with Crippen LogP contribution in [0.4, 0.5) is 0 Å². The lowest BCUT2D eigenvalue weighted by molar-refractivity contribution is 0.0705. The van der Waals surface area contributed by atoms with Gasteiger partial charge in [0.1, 0.15) is 5.75 Å². The molecule has 0 bridgehead atoms. The van der Waals surface area contributed by atoms with Gasteiger partial charge in [-0.2, -0.15) is 0 Å². The molecule has 0 spiro atoms. The van der Waals surface area contributed by atoms with Crippen molar-refractivity contribution in [2.75, 3.05) is 26.2 Å². The lowest BCUT2D eigenvalue weighted by atomic mass is 9.90. The normalized spacial score (nSPS) is 21.2. The molecule has 4 rings (SSSR count). The zero-order valence-corrected chi connectivity index (χ0v) is 17.7. The molecule has 1 saturated heterocycles. The predicted molar refractivity (Wildman–Crippen MR) is 115 cm³/mol. The van der Waals surface area contributed by atoms with E-state index in [1.807, 2.05) is 29.2 Å². The first-order valence-corrected chi connectivity index (χ1v) is 11.0. The third-order valence-electron chi connectivity index (χ3n) is 6.49. The first-order chi connectivity index (χ1) is 13.3. The van der Waals surface area contributed by atoms with Gasteiger partial charge in [-0.15, -0.1) is 12.4 Å². The van der Waals surface area contributed by atoms with Crippen molar-refractivity contribution in [3.05, 3.63) is 29.8 Å². The van der Waals surface area contributed by atoms with Crippen molar-refractivity contribution in [3.8, 4) is 5.75 Å². The van der Waals surface area contributed by atoms with Crippen molar-refractivity contribution in [3.63, 3.8) is 0 Å². The Labute approximate surface area is 175 Å². The van der Waals surface area contributed by atoms with Gasteiger partial charge in [0.15, 0.2) is 0 Å². The van der Waals surface area contributed by atoms with Gasteiger partial charge in [-0.05, 0) is 81.2 Å². The topological polar surface area (TPSA) is 41.6 Å². The van der Waals surface area contributed by atoms with Crippen LogP contribution < -0.4 is 10.1 Å². The van der Waals surface area contributed by atoms with Gasteiger partial charge in [0, 0.05) is 24.7 Å². The number of ether oxygens (including phenoxy) is 1. The molecule has 1 heterocycles. The van der Waals surface area contributed by atoms with E-state index in [2.05, 4.69) is 5.32 Å². The molecule has 28 heavy (non-hydrogen) atoms. The van der Waals surface area contributed by atoms with E-state index in [1.165, 1.54) is 51.5 Å². The number of carbonyl (C=O) groups is 1. The summed E-state index contributed by atoms with van der Waals surface area (Å²) in [5.74, 6) is 2.67. The number of hydrogen-bond acceptors (Lipinski definition) is 3. The van der Waals surface area contributed by atoms with E-state index in [-0.39, 0.29) is 18.3 Å². The number of amides is 1. The Morgan fingerprint density at radius 2 is 1.61 bits per heavy atom. The van der Waals surface area contributed by atoms with Gasteiger partial charge < -0.3 is 15.0 Å². The van der Waals surface area contributed by atoms with Crippen molar-refractivity contribution in [1.82, 2.24) is 10.2 Å². The Kier molecular flexibility index (Phi) is 8.04. The zero-order valence-electron chi connectivity index (χ0n) is 16.9. The highest BCUT2D eigenvalue weighted by Gasteiger charge is 2.26. The fraction of sp³-hybridized carbons (Fsp3) is 0.696. The number of carbonyl (C=O) groups excluding carboxylic acids is 1. The van der Waals surface area contributed by atoms with E-state index >= 15 is 0 Å². The second kappa shape index (κ2) is 10.5. The van der Waals surface area contributed by atoms with Crippen LogP contribution in [0.25, 0.3) is 0 Å². The summed E-state index contributed by atoms with van der Waals surface area (Å²) < 4.78 is 5.96. The van der Waals surface area contributed by atoms with Gasteiger partial charge in [-0.25, -0.2) is 0 Å². The van der Waals surface area contributed by atoms with Crippen LogP contribution >= 0.6 is 12.4 Å². The van der Waals surface area contributed by atoms with Gasteiger partial charge in [0.25, 0.3) is 5.91 Å². The Morgan fingerprint density at radius 1 is 0.929 bits per heavy atom. The summed E-state index contributed by atoms with van der Waals surface area (Å²) in [4.78, 5) is 14.8. The summed E-state index contributed by atoms with van der Waals surface area (Å²) in [6.45, 7) is 3.71. The van der Waals surface area contributed by atoms with E-state index in [0.29, 0.717) is 12.0 Å². The minimum absolute atomic E-state index is 0.